The van der Waals surface area contributed by atoms with Gasteiger partial charge >= 0.3 is 0 Å². The van der Waals surface area contributed by atoms with E-state index in [0.717, 1.165) is 11.3 Å². The Morgan fingerprint density at radius 3 is 2.71 bits per heavy atom. The third-order valence-electron chi connectivity index (χ3n) is 4.09. The number of β-amino-alcohol motifs (C(OH)–C–C–N with tert-alkyl or cyclic N) is 1. The molecule has 2 aliphatic heterocycles. The molecule has 1 aromatic carbocycles. The molecule has 1 aromatic rings. The minimum atomic E-state index is -3.56. The number of carbonyl (C=O) groups excluding carboxylic acids is 1. The van der Waals surface area contributed by atoms with Crippen molar-refractivity contribution in [3.05, 3.63) is 23.8 Å². The number of fused-ring (bicyclic) bond motifs is 1. The first-order chi connectivity index (χ1) is 9.89. The van der Waals surface area contributed by atoms with Crippen LogP contribution in [0.25, 0.3) is 0 Å². The molecule has 0 saturated carbocycles. The molecule has 0 spiro atoms. The van der Waals surface area contributed by atoms with Crippen LogP contribution in [0.1, 0.15) is 18.9 Å². The van der Waals surface area contributed by atoms with Crippen LogP contribution in [0.5, 0.6) is 0 Å². The number of aliphatic hydroxyl groups is 1. The number of aliphatic hydroxyl groups excluding tert-OH is 1. The van der Waals surface area contributed by atoms with Gasteiger partial charge < -0.3 is 10.0 Å². The van der Waals surface area contributed by atoms with E-state index in [-0.39, 0.29) is 17.3 Å². The van der Waals surface area contributed by atoms with E-state index in [0.29, 0.717) is 25.9 Å². The van der Waals surface area contributed by atoms with Crippen molar-refractivity contribution in [3.8, 4) is 0 Å². The van der Waals surface area contributed by atoms with Crippen LogP contribution >= 0.6 is 0 Å². The monoisotopic (exact) mass is 310 g/mol. The minimum Gasteiger partial charge on any atom is -0.392 e. The van der Waals surface area contributed by atoms with Crippen LogP contribution in [0.15, 0.2) is 23.1 Å². The summed E-state index contributed by atoms with van der Waals surface area (Å²) < 4.78 is 26.4. The Morgan fingerprint density at radius 2 is 2.10 bits per heavy atom. The van der Waals surface area contributed by atoms with Crippen LogP contribution in [0, 0.1) is 0 Å². The van der Waals surface area contributed by atoms with Gasteiger partial charge in [-0.05, 0) is 36.6 Å². The number of hydrogen-bond acceptors (Lipinski definition) is 4. The first kappa shape index (κ1) is 14.5. The van der Waals surface area contributed by atoms with E-state index in [9.17, 15) is 18.3 Å². The highest BCUT2D eigenvalue weighted by molar-refractivity contribution is 7.89. The highest BCUT2D eigenvalue weighted by atomic mass is 32.2. The molecular weight excluding hydrogens is 292 g/mol. The summed E-state index contributed by atoms with van der Waals surface area (Å²) in [5, 5.41) is 9.51. The maximum atomic E-state index is 12.5. The molecule has 1 amide bonds. The van der Waals surface area contributed by atoms with E-state index in [1.54, 1.807) is 23.1 Å². The fraction of sp³-hybridized carbons (Fsp3) is 0.500. The summed E-state index contributed by atoms with van der Waals surface area (Å²) in [6.07, 6.45) is 0.561. The van der Waals surface area contributed by atoms with Gasteiger partial charge in [0.15, 0.2) is 0 Å². The largest absolute Gasteiger partial charge is 0.392 e. The van der Waals surface area contributed by atoms with Gasteiger partial charge in [-0.3, -0.25) is 4.79 Å². The van der Waals surface area contributed by atoms with Gasteiger partial charge in [-0.2, -0.15) is 4.31 Å². The molecule has 0 radical (unpaired) electrons. The Hall–Kier alpha value is -1.44. The molecule has 1 N–H and O–H groups in total. The lowest BCUT2D eigenvalue weighted by Gasteiger charge is -2.18. The Labute approximate surface area is 124 Å². The standard InChI is InChI=1S/C14H18N2O4S/c1-10(17)16-7-4-11-8-13(2-3-14(11)16)21(19,20)15-6-5-12(18)9-15/h2-3,8,12,18H,4-7,9H2,1H3/t12-/m0/s1. The van der Waals surface area contributed by atoms with Gasteiger partial charge in [0.25, 0.3) is 0 Å². The summed E-state index contributed by atoms with van der Waals surface area (Å²) in [4.78, 5) is 13.4. The van der Waals surface area contributed by atoms with Crippen molar-refractivity contribution < 1.29 is 18.3 Å². The van der Waals surface area contributed by atoms with Crippen LogP contribution in [-0.2, 0) is 21.2 Å². The van der Waals surface area contributed by atoms with E-state index >= 15 is 0 Å². The lowest BCUT2D eigenvalue weighted by atomic mass is 10.2. The molecule has 6 nitrogen and oxygen atoms in total. The topological polar surface area (TPSA) is 77.9 Å². The van der Waals surface area contributed by atoms with Crippen LogP contribution in [0.4, 0.5) is 5.69 Å². The molecule has 0 bridgehead atoms. The van der Waals surface area contributed by atoms with Gasteiger partial charge in [-0.1, -0.05) is 0 Å². The molecule has 0 aliphatic carbocycles. The van der Waals surface area contributed by atoms with Gasteiger partial charge in [0.2, 0.25) is 15.9 Å². The summed E-state index contributed by atoms with van der Waals surface area (Å²) in [7, 11) is -3.56. The number of sulfonamides is 1. The predicted octanol–water partition coefficient (Wildman–Crippen LogP) is 0.351. The third kappa shape index (κ3) is 2.45. The smallest absolute Gasteiger partial charge is 0.243 e. The van der Waals surface area contributed by atoms with Crippen LogP contribution in [0.2, 0.25) is 0 Å². The Morgan fingerprint density at radius 1 is 1.33 bits per heavy atom. The number of nitrogens with zero attached hydrogens (tertiary/aromatic N) is 2. The van der Waals surface area contributed by atoms with Gasteiger partial charge in [-0.15, -0.1) is 0 Å². The summed E-state index contributed by atoms with van der Waals surface area (Å²) in [5.74, 6) is -0.0352. The molecule has 3 rings (SSSR count). The van der Waals surface area contributed by atoms with E-state index in [1.807, 2.05) is 0 Å². The van der Waals surface area contributed by atoms with Gasteiger partial charge in [0.05, 0.1) is 11.0 Å². The van der Waals surface area contributed by atoms with E-state index < -0.39 is 16.1 Å². The molecule has 0 aromatic heterocycles. The van der Waals surface area contributed by atoms with Crippen LogP contribution in [-0.4, -0.2) is 49.5 Å². The number of rotatable bonds is 2. The Kier molecular flexibility index (Phi) is 3.51. The summed E-state index contributed by atoms with van der Waals surface area (Å²) in [6.45, 7) is 2.60. The van der Waals surface area contributed by atoms with Crippen molar-refractivity contribution in [2.24, 2.45) is 0 Å². The fourth-order valence-corrected chi connectivity index (χ4v) is 4.49. The fourth-order valence-electron chi connectivity index (χ4n) is 2.94. The average molecular weight is 310 g/mol. The van der Waals surface area contributed by atoms with E-state index in [4.69, 9.17) is 0 Å². The molecule has 1 saturated heterocycles. The number of amides is 1. The maximum Gasteiger partial charge on any atom is 0.243 e. The second-order valence-corrected chi connectivity index (χ2v) is 7.45. The zero-order valence-corrected chi connectivity index (χ0v) is 12.6. The number of carbonyl (C=O) groups is 1. The lowest BCUT2D eigenvalue weighted by Crippen LogP contribution is -2.29. The Bertz CT molecular complexity index is 686. The number of hydrogen-bond donors (Lipinski definition) is 1. The van der Waals surface area contributed by atoms with E-state index in [2.05, 4.69) is 0 Å². The summed E-state index contributed by atoms with van der Waals surface area (Å²) >= 11 is 0. The minimum absolute atomic E-state index is 0.0352. The van der Waals surface area contributed by atoms with Gasteiger partial charge in [-0.25, -0.2) is 8.42 Å². The molecule has 0 unspecified atom stereocenters. The normalized spacial score (nSPS) is 22.6. The average Bonchev–Trinajstić information content (AvgIpc) is 3.03. The van der Waals surface area contributed by atoms with Crippen LogP contribution < -0.4 is 4.90 Å². The van der Waals surface area contributed by atoms with E-state index in [1.165, 1.54) is 11.2 Å². The molecule has 1 atom stereocenters. The van der Waals surface area contributed by atoms with Crippen molar-refractivity contribution >= 4 is 21.6 Å². The Balaban J connectivity index is 1.93. The molecule has 21 heavy (non-hydrogen) atoms. The van der Waals surface area contributed by atoms with Crippen molar-refractivity contribution in [1.29, 1.82) is 0 Å². The molecule has 2 aliphatic rings. The molecule has 1 fully saturated rings. The first-order valence-electron chi connectivity index (χ1n) is 6.99. The van der Waals surface area contributed by atoms with Crippen molar-refractivity contribution in [1.82, 2.24) is 4.31 Å². The molecule has 7 heteroatoms. The highest BCUT2D eigenvalue weighted by Gasteiger charge is 2.33. The quantitative estimate of drug-likeness (QED) is 0.855. The number of anilines is 1. The summed E-state index contributed by atoms with van der Waals surface area (Å²) in [6, 6.07) is 4.89. The third-order valence-corrected chi connectivity index (χ3v) is 5.95. The van der Waals surface area contributed by atoms with Gasteiger partial charge in [0, 0.05) is 32.2 Å². The molecule has 114 valence electrons. The van der Waals surface area contributed by atoms with Crippen molar-refractivity contribution in [2.75, 3.05) is 24.5 Å². The highest BCUT2D eigenvalue weighted by Crippen LogP contribution is 2.31. The lowest BCUT2D eigenvalue weighted by molar-refractivity contribution is -0.116. The number of benzene rings is 1. The van der Waals surface area contributed by atoms with Gasteiger partial charge in [0.1, 0.15) is 0 Å². The summed E-state index contributed by atoms with van der Waals surface area (Å²) in [5.41, 5.74) is 1.67. The van der Waals surface area contributed by atoms with Crippen molar-refractivity contribution in [3.63, 3.8) is 0 Å². The zero-order valence-electron chi connectivity index (χ0n) is 11.8. The van der Waals surface area contributed by atoms with Crippen LogP contribution in [0.3, 0.4) is 0 Å². The SMILES string of the molecule is CC(=O)N1CCc2cc(S(=O)(=O)N3CC[C@H](O)C3)ccc21. The van der Waals surface area contributed by atoms with Crippen molar-refractivity contribution in [2.45, 2.75) is 30.8 Å². The molecular formula is C14H18N2O4S. The molecule has 2 heterocycles. The second-order valence-electron chi connectivity index (χ2n) is 5.52. The maximum absolute atomic E-state index is 12.5. The second kappa shape index (κ2) is 5.08. The zero-order chi connectivity index (χ0) is 15.2. The first-order valence-corrected chi connectivity index (χ1v) is 8.43. The predicted molar refractivity (Wildman–Crippen MR) is 77.6 cm³/mol.